The maximum absolute atomic E-state index is 12.4. The standard InChI is InChI=1S/C18H19F3N2O5/c1-11-3-2-4-12(7-11)9-26-13-8-16(23-6-5-15(24)22-17(23)25)28-14(13)10-27-18(19,20)21/h2-7,13-14,16H,8-10H2,1H3,(H,22,24,25)/t13-,14+,16+/m0/s1. The Kier molecular flexibility index (Phi) is 6.01. The lowest BCUT2D eigenvalue weighted by atomic mass is 10.1. The highest BCUT2D eigenvalue weighted by molar-refractivity contribution is 5.21. The minimum Gasteiger partial charge on any atom is -0.371 e. The second-order valence-corrected chi connectivity index (χ2v) is 6.48. The zero-order valence-electron chi connectivity index (χ0n) is 14.9. The van der Waals surface area contributed by atoms with Gasteiger partial charge in [0.05, 0.1) is 19.3 Å². The molecule has 0 bridgehead atoms. The summed E-state index contributed by atoms with van der Waals surface area (Å²) in [4.78, 5) is 25.2. The number of rotatable bonds is 6. The van der Waals surface area contributed by atoms with E-state index in [0.717, 1.165) is 21.8 Å². The predicted molar refractivity (Wildman–Crippen MR) is 91.6 cm³/mol. The van der Waals surface area contributed by atoms with E-state index in [-0.39, 0.29) is 13.0 Å². The Morgan fingerprint density at radius 2 is 2.07 bits per heavy atom. The molecule has 0 unspecified atom stereocenters. The Hall–Kier alpha value is -2.43. The molecule has 28 heavy (non-hydrogen) atoms. The van der Waals surface area contributed by atoms with E-state index in [1.54, 1.807) is 0 Å². The van der Waals surface area contributed by atoms with Gasteiger partial charge in [-0.05, 0) is 12.5 Å². The van der Waals surface area contributed by atoms with Crippen molar-refractivity contribution in [2.24, 2.45) is 0 Å². The normalized spacial score (nSPS) is 22.5. The van der Waals surface area contributed by atoms with Gasteiger partial charge in [0.2, 0.25) is 0 Å². The molecule has 0 radical (unpaired) electrons. The summed E-state index contributed by atoms with van der Waals surface area (Å²) in [7, 11) is 0. The van der Waals surface area contributed by atoms with Crippen LogP contribution >= 0.6 is 0 Å². The van der Waals surface area contributed by atoms with Crippen molar-refractivity contribution in [3.63, 3.8) is 0 Å². The molecule has 1 aromatic heterocycles. The van der Waals surface area contributed by atoms with Crippen molar-refractivity contribution in [2.75, 3.05) is 6.61 Å². The third-order valence-corrected chi connectivity index (χ3v) is 4.30. The molecule has 3 rings (SSSR count). The number of aromatic amines is 1. The minimum absolute atomic E-state index is 0.129. The SMILES string of the molecule is Cc1cccc(CO[C@H]2C[C@H](n3ccc(=O)[nH]c3=O)O[C@@H]2COC(F)(F)F)c1. The quantitative estimate of drug-likeness (QED) is 0.804. The first-order chi connectivity index (χ1) is 13.2. The van der Waals surface area contributed by atoms with Gasteiger partial charge in [-0.1, -0.05) is 29.8 Å². The Bertz CT molecular complexity index is 924. The number of aromatic nitrogens is 2. The molecule has 2 aromatic rings. The largest absolute Gasteiger partial charge is 0.522 e. The molecule has 1 saturated heterocycles. The number of alkyl halides is 3. The first-order valence-corrected chi connectivity index (χ1v) is 8.56. The van der Waals surface area contributed by atoms with Crippen molar-refractivity contribution < 1.29 is 27.4 Å². The van der Waals surface area contributed by atoms with Crippen LogP contribution in [0.1, 0.15) is 23.8 Å². The van der Waals surface area contributed by atoms with Gasteiger partial charge in [0.15, 0.2) is 0 Å². The Morgan fingerprint density at radius 1 is 1.29 bits per heavy atom. The molecule has 0 spiro atoms. The number of hydrogen-bond acceptors (Lipinski definition) is 5. The highest BCUT2D eigenvalue weighted by atomic mass is 19.4. The zero-order valence-corrected chi connectivity index (χ0v) is 14.9. The maximum atomic E-state index is 12.4. The van der Waals surface area contributed by atoms with Crippen molar-refractivity contribution in [1.82, 2.24) is 9.55 Å². The summed E-state index contributed by atoms with van der Waals surface area (Å²) in [6.07, 6.45) is -6.09. The second kappa shape index (κ2) is 8.29. The van der Waals surface area contributed by atoms with Gasteiger partial charge in [-0.3, -0.25) is 19.1 Å². The lowest BCUT2D eigenvalue weighted by Gasteiger charge is -2.20. The van der Waals surface area contributed by atoms with Crippen molar-refractivity contribution in [3.8, 4) is 0 Å². The van der Waals surface area contributed by atoms with Crippen LogP contribution in [0.5, 0.6) is 0 Å². The molecule has 10 heteroatoms. The third-order valence-electron chi connectivity index (χ3n) is 4.30. The monoisotopic (exact) mass is 400 g/mol. The highest BCUT2D eigenvalue weighted by Gasteiger charge is 2.40. The lowest BCUT2D eigenvalue weighted by molar-refractivity contribution is -0.333. The molecule has 152 valence electrons. The molecular weight excluding hydrogens is 381 g/mol. The van der Waals surface area contributed by atoms with Crippen LogP contribution in [0.4, 0.5) is 13.2 Å². The van der Waals surface area contributed by atoms with Crippen LogP contribution in [0.25, 0.3) is 0 Å². The third kappa shape index (κ3) is 5.31. The molecule has 7 nitrogen and oxygen atoms in total. The first kappa shape index (κ1) is 20.3. The van der Waals surface area contributed by atoms with Gasteiger partial charge in [0.25, 0.3) is 5.56 Å². The Balaban J connectivity index is 1.74. The van der Waals surface area contributed by atoms with Crippen LogP contribution in [0.15, 0.2) is 46.1 Å². The van der Waals surface area contributed by atoms with E-state index in [4.69, 9.17) is 9.47 Å². The number of nitrogens with one attached hydrogen (secondary N) is 1. The van der Waals surface area contributed by atoms with E-state index in [1.165, 1.54) is 6.20 Å². The molecule has 3 atom stereocenters. The fourth-order valence-corrected chi connectivity index (χ4v) is 3.03. The molecule has 0 amide bonds. The van der Waals surface area contributed by atoms with E-state index in [2.05, 4.69) is 9.72 Å². The summed E-state index contributed by atoms with van der Waals surface area (Å²) < 4.78 is 53.7. The van der Waals surface area contributed by atoms with Gasteiger partial charge >= 0.3 is 12.1 Å². The van der Waals surface area contributed by atoms with E-state index >= 15 is 0 Å². The molecule has 0 saturated carbocycles. The van der Waals surface area contributed by atoms with Crippen molar-refractivity contribution in [3.05, 3.63) is 68.5 Å². The molecule has 1 N–H and O–H groups in total. The van der Waals surface area contributed by atoms with Crippen LogP contribution in [0.2, 0.25) is 0 Å². The van der Waals surface area contributed by atoms with Gasteiger partial charge in [-0.2, -0.15) is 0 Å². The van der Waals surface area contributed by atoms with Gasteiger partial charge in [-0.25, -0.2) is 4.79 Å². The molecule has 1 fully saturated rings. The zero-order chi connectivity index (χ0) is 20.3. The van der Waals surface area contributed by atoms with E-state index < -0.39 is 42.7 Å². The molecule has 1 aromatic carbocycles. The molecule has 1 aliphatic rings. The number of ether oxygens (including phenoxy) is 3. The van der Waals surface area contributed by atoms with E-state index in [1.807, 2.05) is 31.2 Å². The van der Waals surface area contributed by atoms with Crippen molar-refractivity contribution in [2.45, 2.75) is 44.7 Å². The smallest absolute Gasteiger partial charge is 0.371 e. The summed E-state index contributed by atoms with van der Waals surface area (Å²) in [5.74, 6) is 0. The van der Waals surface area contributed by atoms with Crippen LogP contribution in [-0.2, 0) is 20.8 Å². The average molecular weight is 400 g/mol. The molecule has 0 aliphatic carbocycles. The Labute approximate surface area is 157 Å². The van der Waals surface area contributed by atoms with Gasteiger partial charge in [-0.15, -0.1) is 13.2 Å². The number of benzene rings is 1. The first-order valence-electron chi connectivity index (χ1n) is 8.56. The maximum Gasteiger partial charge on any atom is 0.522 e. The Morgan fingerprint density at radius 3 is 2.75 bits per heavy atom. The summed E-state index contributed by atoms with van der Waals surface area (Å²) in [5.41, 5.74) is 0.592. The van der Waals surface area contributed by atoms with E-state index in [9.17, 15) is 22.8 Å². The fraction of sp³-hybridized carbons (Fsp3) is 0.444. The van der Waals surface area contributed by atoms with Crippen LogP contribution in [0, 0.1) is 6.92 Å². The topological polar surface area (TPSA) is 82.6 Å². The summed E-state index contributed by atoms with van der Waals surface area (Å²) in [5, 5.41) is 0. The molecular formula is C18H19F3N2O5. The summed E-state index contributed by atoms with van der Waals surface area (Å²) >= 11 is 0. The number of H-pyrrole nitrogens is 1. The van der Waals surface area contributed by atoms with Gasteiger partial charge in [0.1, 0.15) is 12.3 Å². The minimum atomic E-state index is -4.81. The number of hydrogen-bond donors (Lipinski definition) is 1. The van der Waals surface area contributed by atoms with Gasteiger partial charge < -0.3 is 9.47 Å². The fourth-order valence-electron chi connectivity index (χ4n) is 3.03. The van der Waals surface area contributed by atoms with E-state index in [0.29, 0.717) is 0 Å². The van der Waals surface area contributed by atoms with Gasteiger partial charge in [0, 0.05) is 18.7 Å². The summed E-state index contributed by atoms with van der Waals surface area (Å²) in [6, 6.07) is 8.65. The lowest BCUT2D eigenvalue weighted by Crippen LogP contribution is -2.33. The van der Waals surface area contributed by atoms with Crippen LogP contribution in [0.3, 0.4) is 0 Å². The van der Waals surface area contributed by atoms with Crippen LogP contribution in [-0.4, -0.2) is 34.7 Å². The summed E-state index contributed by atoms with van der Waals surface area (Å²) in [6.45, 7) is 1.32. The number of aryl methyl sites for hydroxylation is 1. The molecule has 2 heterocycles. The van der Waals surface area contributed by atoms with Crippen LogP contribution < -0.4 is 11.2 Å². The van der Waals surface area contributed by atoms with Crippen molar-refractivity contribution >= 4 is 0 Å². The highest BCUT2D eigenvalue weighted by Crippen LogP contribution is 2.32. The molecule has 1 aliphatic heterocycles. The number of halogens is 3. The predicted octanol–water partition coefficient (Wildman–Crippen LogP) is 2.25. The second-order valence-electron chi connectivity index (χ2n) is 6.48. The number of nitrogens with zero attached hydrogens (tertiary/aromatic N) is 1. The average Bonchev–Trinajstić information content (AvgIpc) is 3.00. The van der Waals surface area contributed by atoms with Crippen molar-refractivity contribution in [1.29, 1.82) is 0 Å².